The van der Waals surface area contributed by atoms with Gasteiger partial charge in [-0.05, 0) is 85.0 Å². The lowest BCUT2D eigenvalue weighted by Crippen LogP contribution is -2.61. The molecule has 3 fully saturated rings. The fourth-order valence-electron chi connectivity index (χ4n) is 9.19. The van der Waals surface area contributed by atoms with E-state index in [2.05, 4.69) is 36.2 Å². The summed E-state index contributed by atoms with van der Waals surface area (Å²) >= 11 is 0. The van der Waals surface area contributed by atoms with Crippen molar-refractivity contribution < 1.29 is 38.4 Å². The molecule has 270 valence electrons. The van der Waals surface area contributed by atoms with Crippen LogP contribution in [0.25, 0.3) is 0 Å². The number of likely N-dealkylation sites (N-methyl/N-ethyl adjacent to an activating group) is 1. The van der Waals surface area contributed by atoms with Crippen LogP contribution >= 0.6 is 0 Å². The van der Waals surface area contributed by atoms with Gasteiger partial charge in [-0.2, -0.15) is 0 Å². The number of rotatable bonds is 5. The Bertz CT molecular complexity index is 1310. The third-order valence-corrected chi connectivity index (χ3v) is 12.0. The van der Waals surface area contributed by atoms with Gasteiger partial charge in [-0.1, -0.05) is 39.8 Å². The zero-order chi connectivity index (χ0) is 35.3. The number of carbonyl (C=O) groups is 2. The Morgan fingerprint density at radius 2 is 1.79 bits per heavy atom. The van der Waals surface area contributed by atoms with Gasteiger partial charge in [0.15, 0.2) is 12.1 Å². The molecule has 0 spiro atoms. The average Bonchev–Trinajstić information content (AvgIpc) is 3.34. The number of benzene rings is 1. The Kier molecular flexibility index (Phi) is 10.9. The minimum Gasteiger partial charge on any atom is -0.459 e. The maximum absolute atomic E-state index is 14.3. The highest BCUT2D eigenvalue weighted by Crippen LogP contribution is 2.48. The van der Waals surface area contributed by atoms with Gasteiger partial charge in [0.05, 0.1) is 35.2 Å². The Hall–Kier alpha value is -2.28. The largest absolute Gasteiger partial charge is 0.459 e. The number of carbonyl (C=O) groups excluding carboxylic acids is 2. The van der Waals surface area contributed by atoms with Crippen LogP contribution in [0.3, 0.4) is 0 Å². The Morgan fingerprint density at radius 3 is 2.44 bits per heavy atom. The standard InChI is InChI=1S/C37H59N3O8/c1-12-28-37(8)32-22(4)29(38-25-15-13-14-16-26(25)40(32)19-45-37)20(2)18-36(7,44-11)33(23(5)30(41)24(6)34(43)47-28)48-35-31(42)27(39(9)10)17-21(3)46-35/h13-16,20-24,27-29,31-33,35,38,42H,12,17-19H2,1-11H3/t20-,21-,22+,23+,24-,27+,28-,29?,31-,32-,33-,35+,36+,37-/m1/s1. The summed E-state index contributed by atoms with van der Waals surface area (Å²) in [5.41, 5.74) is 0.217. The fourth-order valence-corrected chi connectivity index (χ4v) is 9.19. The maximum Gasteiger partial charge on any atom is 0.316 e. The fraction of sp³-hybridized carbons (Fsp3) is 0.784. The molecule has 3 saturated heterocycles. The molecule has 11 heteroatoms. The first kappa shape index (κ1) is 37.0. The van der Waals surface area contributed by atoms with E-state index in [1.165, 1.54) is 0 Å². The van der Waals surface area contributed by atoms with E-state index in [9.17, 15) is 14.7 Å². The molecule has 0 amide bonds. The van der Waals surface area contributed by atoms with Crippen molar-refractivity contribution in [2.45, 2.75) is 135 Å². The van der Waals surface area contributed by atoms with E-state index in [1.807, 2.05) is 58.8 Å². The molecule has 0 saturated carbocycles. The van der Waals surface area contributed by atoms with Gasteiger partial charge < -0.3 is 43.9 Å². The summed E-state index contributed by atoms with van der Waals surface area (Å²) in [7, 11) is 5.49. The number of anilines is 2. The zero-order valence-corrected chi connectivity index (χ0v) is 30.8. The second-order valence-electron chi connectivity index (χ2n) is 15.5. The molecular weight excluding hydrogens is 614 g/mol. The van der Waals surface area contributed by atoms with Crippen molar-refractivity contribution in [3.8, 4) is 0 Å². The first-order valence-corrected chi connectivity index (χ1v) is 17.8. The highest BCUT2D eigenvalue weighted by atomic mass is 16.7. The van der Waals surface area contributed by atoms with Crippen LogP contribution < -0.4 is 10.2 Å². The number of esters is 1. The lowest BCUT2D eigenvalue weighted by atomic mass is 9.71. The van der Waals surface area contributed by atoms with Gasteiger partial charge in [-0.25, -0.2) is 0 Å². The van der Waals surface area contributed by atoms with Crippen LogP contribution in [0.5, 0.6) is 0 Å². The summed E-state index contributed by atoms with van der Waals surface area (Å²) in [6.07, 6.45) is -1.87. The van der Waals surface area contributed by atoms with E-state index in [0.717, 1.165) is 11.4 Å². The summed E-state index contributed by atoms with van der Waals surface area (Å²) in [6.45, 7) is 16.2. The van der Waals surface area contributed by atoms with Gasteiger partial charge >= 0.3 is 5.97 Å². The number of methoxy groups -OCH3 is 1. The predicted octanol–water partition coefficient (Wildman–Crippen LogP) is 4.46. The van der Waals surface area contributed by atoms with Crippen molar-refractivity contribution in [1.82, 2.24) is 4.90 Å². The van der Waals surface area contributed by atoms with E-state index in [-0.39, 0.29) is 41.8 Å². The average molecular weight is 674 g/mol. The number of nitrogens with one attached hydrogen (secondary N) is 1. The minimum absolute atomic E-state index is 0.0184. The minimum atomic E-state index is -1.06. The number of Topliss-reactive ketones (excluding diaryl/α,β-unsaturated/α-hetero) is 1. The smallest absolute Gasteiger partial charge is 0.316 e. The highest BCUT2D eigenvalue weighted by molar-refractivity contribution is 6.00. The van der Waals surface area contributed by atoms with Gasteiger partial charge in [-0.15, -0.1) is 0 Å². The van der Waals surface area contributed by atoms with Crippen LogP contribution in [0, 0.1) is 23.7 Å². The van der Waals surface area contributed by atoms with Crippen LogP contribution in [0.1, 0.15) is 74.7 Å². The molecule has 48 heavy (non-hydrogen) atoms. The van der Waals surface area contributed by atoms with Crippen molar-refractivity contribution in [2.75, 3.05) is 38.2 Å². The number of para-hydroxylation sites is 2. The summed E-state index contributed by atoms with van der Waals surface area (Å²) in [4.78, 5) is 32.4. The van der Waals surface area contributed by atoms with Crippen molar-refractivity contribution >= 4 is 23.1 Å². The topological polar surface area (TPSA) is 119 Å². The monoisotopic (exact) mass is 673 g/mol. The summed E-state index contributed by atoms with van der Waals surface area (Å²) in [5, 5.41) is 15.4. The summed E-state index contributed by atoms with van der Waals surface area (Å²) in [5.74, 6) is -2.69. The number of cyclic esters (lactones) is 1. The molecule has 4 aliphatic heterocycles. The number of aliphatic hydroxyl groups excluding tert-OH is 1. The molecule has 0 aliphatic carbocycles. The van der Waals surface area contributed by atoms with Gasteiger partial charge in [0.25, 0.3) is 0 Å². The highest BCUT2D eigenvalue weighted by Gasteiger charge is 2.58. The van der Waals surface area contributed by atoms with Gasteiger partial charge in [0, 0.05) is 25.1 Å². The molecule has 2 bridgehead atoms. The van der Waals surface area contributed by atoms with E-state index in [0.29, 0.717) is 26.0 Å². The number of fused-ring (bicyclic) bond motifs is 3. The molecule has 14 atom stereocenters. The van der Waals surface area contributed by atoms with Crippen molar-refractivity contribution in [3.05, 3.63) is 24.3 Å². The second-order valence-corrected chi connectivity index (χ2v) is 15.5. The molecule has 1 unspecified atom stereocenters. The van der Waals surface area contributed by atoms with Crippen LogP contribution in [-0.2, 0) is 33.3 Å². The maximum atomic E-state index is 14.3. The first-order valence-electron chi connectivity index (χ1n) is 17.8. The Morgan fingerprint density at radius 1 is 1.10 bits per heavy atom. The summed E-state index contributed by atoms with van der Waals surface area (Å²) in [6, 6.07) is 7.88. The molecule has 1 aromatic carbocycles. The van der Waals surface area contributed by atoms with Gasteiger partial charge in [0.2, 0.25) is 0 Å². The van der Waals surface area contributed by atoms with E-state index < -0.39 is 53.6 Å². The molecule has 0 aromatic heterocycles. The molecular formula is C37H59N3O8. The van der Waals surface area contributed by atoms with Crippen LogP contribution in [-0.4, -0.2) is 110 Å². The van der Waals surface area contributed by atoms with Crippen molar-refractivity contribution in [2.24, 2.45) is 23.7 Å². The number of ketones is 1. The lowest BCUT2D eigenvalue weighted by molar-refractivity contribution is -0.295. The first-order chi connectivity index (χ1) is 22.6. The summed E-state index contributed by atoms with van der Waals surface area (Å²) < 4.78 is 32.2. The van der Waals surface area contributed by atoms with Gasteiger partial charge in [0.1, 0.15) is 30.5 Å². The zero-order valence-electron chi connectivity index (χ0n) is 30.8. The normalized spacial score (nSPS) is 44.0. The third kappa shape index (κ3) is 6.51. The van der Waals surface area contributed by atoms with Gasteiger partial charge in [-0.3, -0.25) is 9.59 Å². The molecule has 1 aromatic rings. The molecule has 11 nitrogen and oxygen atoms in total. The molecule has 4 aliphatic rings. The van der Waals surface area contributed by atoms with Crippen LogP contribution in [0.4, 0.5) is 11.4 Å². The van der Waals surface area contributed by atoms with Crippen LogP contribution in [0.2, 0.25) is 0 Å². The quantitative estimate of drug-likeness (QED) is 0.341. The molecule has 0 radical (unpaired) electrons. The Balaban J connectivity index is 1.61. The van der Waals surface area contributed by atoms with Crippen LogP contribution in [0.15, 0.2) is 24.3 Å². The van der Waals surface area contributed by atoms with E-state index in [1.54, 1.807) is 21.0 Å². The number of aliphatic hydroxyl groups is 1. The predicted molar refractivity (Wildman–Crippen MR) is 184 cm³/mol. The number of nitrogens with zero attached hydrogens (tertiary/aromatic N) is 2. The third-order valence-electron chi connectivity index (χ3n) is 12.0. The number of hydrogen-bond donors (Lipinski definition) is 2. The number of ether oxygens (including phenoxy) is 5. The van der Waals surface area contributed by atoms with E-state index in [4.69, 9.17) is 23.7 Å². The second kappa shape index (κ2) is 14.2. The molecule has 5 rings (SSSR count). The van der Waals surface area contributed by atoms with Crippen molar-refractivity contribution in [3.63, 3.8) is 0 Å². The number of hydrogen-bond acceptors (Lipinski definition) is 11. The Labute approximate surface area is 286 Å². The SMILES string of the molecule is CC[C@H]1OC(=O)[C@H](C)C(=O)[C@H](C)[C@@H](O[C@@H]2O[C@H](C)C[C@H](N(C)C)[C@H]2O)[C@@](C)(OC)C[C@@H](C)C2Nc3ccccc3N3CO[C@@]1(C)[C@H]3[C@H]2C. The molecule has 2 N–H and O–H groups in total. The van der Waals surface area contributed by atoms with E-state index >= 15 is 0 Å². The lowest BCUT2D eigenvalue weighted by Gasteiger charge is -2.48. The molecule has 4 heterocycles. The van der Waals surface area contributed by atoms with Crippen molar-refractivity contribution in [1.29, 1.82) is 0 Å².